The molecule has 2 amide bonds. The fraction of sp³-hybridized carbons (Fsp3) is 0.381. The maximum absolute atomic E-state index is 12.9. The highest BCUT2D eigenvalue weighted by Crippen LogP contribution is 2.15. The summed E-state index contributed by atoms with van der Waals surface area (Å²) in [6.45, 7) is 3.30. The lowest BCUT2D eigenvalue weighted by molar-refractivity contribution is 0.0760. The van der Waals surface area contributed by atoms with Crippen LogP contribution in [0.2, 0.25) is 0 Å². The molecule has 1 aliphatic rings. The Hall–Kier alpha value is -2.89. The van der Waals surface area contributed by atoms with Crippen LogP contribution in [0.15, 0.2) is 41.3 Å². The molecular weight excluding hydrogens is 342 g/mol. The lowest BCUT2D eigenvalue weighted by atomic mass is 10.1. The van der Waals surface area contributed by atoms with Gasteiger partial charge in [0.2, 0.25) is 0 Å². The predicted molar refractivity (Wildman–Crippen MR) is 105 cm³/mol. The number of rotatable bonds is 3. The molecule has 0 bridgehead atoms. The average Bonchev–Trinajstić information content (AvgIpc) is 2.94. The average molecular weight is 367 g/mol. The van der Waals surface area contributed by atoms with Gasteiger partial charge >= 0.3 is 0 Å². The first-order valence-corrected chi connectivity index (χ1v) is 9.34. The van der Waals surface area contributed by atoms with Crippen LogP contribution in [-0.4, -0.2) is 34.4 Å². The highest BCUT2D eigenvalue weighted by atomic mass is 16.2. The number of carbonyl (C=O) groups excluding carboxylic acids is 2. The standard InChI is InChI=1S/C21H25N3O3/c1-15-9-5-6-10-17(15)19(25)22-18-13-16(14-23(2)21(18)27)20(26)24-11-7-3-4-8-12-24/h5-6,9-10,13-14H,3-4,7-8,11-12H2,1-2H3,(H,22,25). The molecule has 0 radical (unpaired) electrons. The molecule has 1 aromatic heterocycles. The minimum absolute atomic E-state index is 0.0982. The molecule has 2 aromatic rings. The van der Waals surface area contributed by atoms with E-state index in [9.17, 15) is 14.4 Å². The molecule has 1 aromatic carbocycles. The van der Waals surface area contributed by atoms with Gasteiger partial charge in [0.1, 0.15) is 5.69 Å². The van der Waals surface area contributed by atoms with Crippen LogP contribution in [0.5, 0.6) is 0 Å². The zero-order valence-corrected chi connectivity index (χ0v) is 15.8. The monoisotopic (exact) mass is 367 g/mol. The molecule has 1 saturated heterocycles. The van der Waals surface area contributed by atoms with Crippen molar-refractivity contribution < 1.29 is 9.59 Å². The Labute approximate surface area is 158 Å². The first kappa shape index (κ1) is 18.9. The Morgan fingerprint density at radius 3 is 2.37 bits per heavy atom. The van der Waals surface area contributed by atoms with E-state index in [2.05, 4.69) is 5.32 Å². The first-order chi connectivity index (χ1) is 13.0. The van der Waals surface area contributed by atoms with Crippen molar-refractivity contribution in [3.63, 3.8) is 0 Å². The summed E-state index contributed by atoms with van der Waals surface area (Å²) in [4.78, 5) is 39.7. The number of hydrogen-bond acceptors (Lipinski definition) is 3. The van der Waals surface area contributed by atoms with E-state index in [1.165, 1.54) is 10.6 Å². The molecule has 1 fully saturated rings. The van der Waals surface area contributed by atoms with Gasteiger partial charge in [-0.1, -0.05) is 31.0 Å². The largest absolute Gasteiger partial charge is 0.339 e. The van der Waals surface area contributed by atoms with Crippen molar-refractivity contribution in [2.24, 2.45) is 7.05 Å². The van der Waals surface area contributed by atoms with E-state index in [4.69, 9.17) is 0 Å². The van der Waals surface area contributed by atoms with Gasteiger partial charge in [-0.3, -0.25) is 14.4 Å². The van der Waals surface area contributed by atoms with E-state index in [1.807, 2.05) is 24.0 Å². The number of pyridine rings is 1. The molecule has 1 N–H and O–H groups in total. The van der Waals surface area contributed by atoms with Crippen LogP contribution in [0.25, 0.3) is 0 Å². The number of amides is 2. The fourth-order valence-corrected chi connectivity index (χ4v) is 3.39. The van der Waals surface area contributed by atoms with Crippen LogP contribution in [-0.2, 0) is 7.05 Å². The van der Waals surface area contributed by atoms with Gasteiger partial charge in [-0.2, -0.15) is 0 Å². The van der Waals surface area contributed by atoms with E-state index < -0.39 is 0 Å². The number of nitrogens with zero attached hydrogens (tertiary/aromatic N) is 2. The number of aryl methyl sites for hydroxylation is 2. The number of likely N-dealkylation sites (tertiary alicyclic amines) is 1. The van der Waals surface area contributed by atoms with Gasteiger partial charge in [-0.05, 0) is 37.5 Å². The van der Waals surface area contributed by atoms with Gasteiger partial charge in [0.15, 0.2) is 0 Å². The van der Waals surface area contributed by atoms with Crippen LogP contribution in [0.1, 0.15) is 52.0 Å². The van der Waals surface area contributed by atoms with Crippen molar-refractivity contribution in [3.05, 3.63) is 63.6 Å². The number of carbonyl (C=O) groups is 2. The van der Waals surface area contributed by atoms with Crippen molar-refractivity contribution in [2.45, 2.75) is 32.6 Å². The summed E-state index contributed by atoms with van der Waals surface area (Å²) in [6, 6.07) is 8.67. The van der Waals surface area contributed by atoms with Crippen molar-refractivity contribution in [2.75, 3.05) is 18.4 Å². The van der Waals surface area contributed by atoms with Gasteiger partial charge in [-0.15, -0.1) is 0 Å². The number of aromatic nitrogens is 1. The Morgan fingerprint density at radius 2 is 1.70 bits per heavy atom. The third-order valence-electron chi connectivity index (χ3n) is 4.96. The van der Waals surface area contributed by atoms with E-state index in [0.29, 0.717) is 11.1 Å². The molecular formula is C21H25N3O3. The van der Waals surface area contributed by atoms with Gasteiger partial charge in [-0.25, -0.2) is 0 Å². The summed E-state index contributed by atoms with van der Waals surface area (Å²) >= 11 is 0. The van der Waals surface area contributed by atoms with Crippen molar-refractivity contribution in [1.29, 1.82) is 0 Å². The molecule has 0 aliphatic carbocycles. The zero-order valence-electron chi connectivity index (χ0n) is 15.8. The van der Waals surface area contributed by atoms with E-state index >= 15 is 0 Å². The van der Waals surface area contributed by atoms with Crippen molar-refractivity contribution in [3.8, 4) is 0 Å². The second-order valence-electron chi connectivity index (χ2n) is 7.03. The molecule has 2 heterocycles. The maximum Gasteiger partial charge on any atom is 0.274 e. The van der Waals surface area contributed by atoms with E-state index in [0.717, 1.165) is 44.3 Å². The predicted octanol–water partition coefficient (Wildman–Crippen LogP) is 2.96. The Bertz CT molecular complexity index is 909. The molecule has 0 atom stereocenters. The number of nitrogens with one attached hydrogen (secondary N) is 1. The smallest absolute Gasteiger partial charge is 0.274 e. The molecule has 6 heteroatoms. The number of hydrogen-bond donors (Lipinski definition) is 1. The van der Waals surface area contributed by atoms with Crippen LogP contribution in [0.4, 0.5) is 5.69 Å². The minimum atomic E-state index is -0.357. The van der Waals surface area contributed by atoms with Crippen molar-refractivity contribution >= 4 is 17.5 Å². The van der Waals surface area contributed by atoms with Gasteiger partial charge in [0, 0.05) is 31.9 Å². The molecule has 0 unspecified atom stereocenters. The minimum Gasteiger partial charge on any atom is -0.339 e. The normalized spacial score (nSPS) is 14.5. The first-order valence-electron chi connectivity index (χ1n) is 9.34. The Balaban J connectivity index is 1.88. The van der Waals surface area contributed by atoms with Gasteiger partial charge in [0.25, 0.3) is 17.4 Å². The third-order valence-corrected chi connectivity index (χ3v) is 4.96. The molecule has 0 saturated carbocycles. The molecule has 142 valence electrons. The van der Waals surface area contributed by atoms with Crippen LogP contribution >= 0.6 is 0 Å². The summed E-state index contributed by atoms with van der Waals surface area (Å²) < 4.78 is 1.35. The SMILES string of the molecule is Cc1ccccc1C(=O)Nc1cc(C(=O)N2CCCCCC2)cn(C)c1=O. The van der Waals surface area contributed by atoms with Gasteiger partial charge in [0.05, 0.1) is 5.56 Å². The maximum atomic E-state index is 12.9. The molecule has 6 nitrogen and oxygen atoms in total. The van der Waals surface area contributed by atoms with E-state index in [-0.39, 0.29) is 23.1 Å². The second kappa shape index (κ2) is 8.20. The topological polar surface area (TPSA) is 71.4 Å². The van der Waals surface area contributed by atoms with Gasteiger partial charge < -0.3 is 14.8 Å². The molecule has 27 heavy (non-hydrogen) atoms. The summed E-state index contributed by atoms with van der Waals surface area (Å²) in [5.41, 5.74) is 1.52. The summed E-state index contributed by atoms with van der Waals surface area (Å²) in [7, 11) is 1.59. The van der Waals surface area contributed by atoms with Crippen LogP contribution < -0.4 is 10.9 Å². The molecule has 0 spiro atoms. The molecule has 1 aliphatic heterocycles. The highest BCUT2D eigenvalue weighted by Gasteiger charge is 2.20. The Kier molecular flexibility index (Phi) is 5.74. The number of anilines is 1. The molecule has 3 rings (SSSR count). The number of benzene rings is 1. The lowest BCUT2D eigenvalue weighted by Crippen LogP contribution is -2.33. The Morgan fingerprint density at radius 1 is 1.04 bits per heavy atom. The lowest BCUT2D eigenvalue weighted by Gasteiger charge is -2.21. The zero-order chi connectivity index (χ0) is 19.4. The fourth-order valence-electron chi connectivity index (χ4n) is 3.39. The summed E-state index contributed by atoms with van der Waals surface area (Å²) in [5, 5.41) is 2.68. The van der Waals surface area contributed by atoms with Crippen LogP contribution in [0.3, 0.4) is 0 Å². The van der Waals surface area contributed by atoms with Crippen LogP contribution in [0, 0.1) is 6.92 Å². The summed E-state index contributed by atoms with van der Waals surface area (Å²) in [6.07, 6.45) is 5.80. The second-order valence-corrected chi connectivity index (χ2v) is 7.03. The quantitative estimate of drug-likeness (QED) is 0.907. The third kappa shape index (κ3) is 4.27. The van der Waals surface area contributed by atoms with Crippen molar-refractivity contribution in [1.82, 2.24) is 9.47 Å². The van der Waals surface area contributed by atoms with E-state index in [1.54, 1.807) is 25.4 Å². The summed E-state index contributed by atoms with van der Waals surface area (Å²) in [5.74, 6) is -0.455. The highest BCUT2D eigenvalue weighted by molar-refractivity contribution is 6.05.